The first-order valence-corrected chi connectivity index (χ1v) is 37.2. The third kappa shape index (κ3) is 16.0. The summed E-state index contributed by atoms with van der Waals surface area (Å²) in [7, 11) is -19.1. The van der Waals surface area contributed by atoms with Crippen molar-refractivity contribution in [2.24, 2.45) is 0 Å². The lowest BCUT2D eigenvalue weighted by Gasteiger charge is -2.43. The zero-order chi connectivity index (χ0) is 68.3. The molecule has 4 aliphatic heterocycles. The lowest BCUT2D eigenvalue weighted by Crippen LogP contribution is -2.50. The van der Waals surface area contributed by atoms with E-state index in [0.29, 0.717) is 79.8 Å². The fourth-order valence-electron chi connectivity index (χ4n) is 11.9. The third-order valence-corrected chi connectivity index (χ3v) is 21.2. The van der Waals surface area contributed by atoms with E-state index in [2.05, 4.69) is 55.5 Å². The van der Waals surface area contributed by atoms with E-state index in [1.165, 1.54) is 11.9 Å². The molecule has 0 bridgehead atoms. The highest BCUT2D eigenvalue weighted by atomic mass is 32.5. The number of carbonyl (C=O) groups is 3. The molecule has 3 amide bonds. The second-order valence-electron chi connectivity index (χ2n) is 23.0. The maximum atomic E-state index is 14.8. The van der Waals surface area contributed by atoms with Crippen LogP contribution in [0.25, 0.3) is 27.9 Å². The number of nitrogens with one attached hydrogen (secondary N) is 3. The zero-order valence-corrected chi connectivity index (χ0v) is 55.9. The molecule has 12 N–H and O–H groups in total. The van der Waals surface area contributed by atoms with Gasteiger partial charge in [-0.2, -0.15) is 26.1 Å². The van der Waals surface area contributed by atoms with E-state index in [0.717, 1.165) is 10.9 Å². The standard InChI is InChI=1S/C54H67N10O23P3S3/c1-8-63-37-21-39-35(19-33(37)29(23-53(63,3)4)26-92(76,77)78)43(36-20-34-30(27-93(79,80)81)24-54(5,6)64(9-2)38(34)22-40(36)83-39)31-13-10-11-14-32(31)49(68)61(7)18-12-15-42(65)56-16-17-57-52(69)85-46-41(25-82-88(70,71)86-89(72,73)87-90(74,75)91)84-50(45(46)66)62-28-58-44-47(62)59-51(55)60-48(44)67/h10-11,13-14,19-24,28,41,45-46,50,66H,8-9,12,15-18,25-27H2,1-7H3,(H10-,55,56,57,59,60,65,67,69,70,71,72,73,74,75,76,77,78,79,80,81,91)/p+1/t41-,45-,46-,50-/m1/s1. The largest absolute Gasteiger partial charge is 0.488 e. The number of hydrogen-bond donors (Lipinski definition) is 11. The van der Waals surface area contributed by atoms with Crippen molar-refractivity contribution in [3.05, 3.63) is 116 Å². The van der Waals surface area contributed by atoms with Crippen LogP contribution in [-0.4, -0.2) is 180 Å². The van der Waals surface area contributed by atoms with Gasteiger partial charge in [0.2, 0.25) is 17.2 Å². The summed E-state index contributed by atoms with van der Waals surface area (Å²) in [4.78, 5) is 106. The number of H-pyrrole nitrogens is 1. The predicted octanol–water partition coefficient (Wildman–Crippen LogP) is 2.00. The third-order valence-electron chi connectivity index (χ3n) is 15.5. The van der Waals surface area contributed by atoms with Crippen molar-refractivity contribution in [1.29, 1.82) is 0 Å². The quantitative estimate of drug-likeness (QED) is 0.0179. The van der Waals surface area contributed by atoms with Crippen LogP contribution in [0.4, 0.5) is 16.4 Å². The van der Waals surface area contributed by atoms with Gasteiger partial charge in [-0.25, -0.2) is 27.8 Å². The number of alkyl carbamates (subject to hydrolysis) is 1. The molecule has 0 saturated carbocycles. The Morgan fingerprint density at radius 2 is 1.56 bits per heavy atom. The summed E-state index contributed by atoms with van der Waals surface area (Å²) in [5.41, 5.74) is 6.60. The molecule has 6 atom stereocenters. The van der Waals surface area contributed by atoms with Gasteiger partial charge in [0.1, 0.15) is 41.8 Å². The molecule has 0 radical (unpaired) electrons. The van der Waals surface area contributed by atoms with E-state index < -0.39 is 120 Å². The minimum absolute atomic E-state index is 0.0376. The number of rotatable bonds is 24. The number of anilines is 2. The van der Waals surface area contributed by atoms with Crippen molar-refractivity contribution in [3.63, 3.8) is 0 Å². The van der Waals surface area contributed by atoms with E-state index in [1.54, 1.807) is 60.7 Å². The van der Waals surface area contributed by atoms with E-state index >= 15 is 0 Å². The lowest BCUT2D eigenvalue weighted by molar-refractivity contribution is -0.121. The average Bonchev–Trinajstić information content (AvgIpc) is 1.42. The molecule has 39 heteroatoms. The number of phosphoric acid groups is 2. The summed E-state index contributed by atoms with van der Waals surface area (Å²) in [6.07, 6.45) is -3.77. The highest BCUT2D eigenvalue weighted by Gasteiger charge is 2.50. The molecule has 33 nitrogen and oxygen atoms in total. The highest BCUT2D eigenvalue weighted by molar-refractivity contribution is 8.08. The van der Waals surface area contributed by atoms with Gasteiger partial charge in [-0.05, 0) is 86.9 Å². The van der Waals surface area contributed by atoms with E-state index in [-0.39, 0.29) is 55.2 Å². The van der Waals surface area contributed by atoms with Gasteiger partial charge in [0.05, 0.1) is 30.1 Å². The van der Waals surface area contributed by atoms with Gasteiger partial charge >= 0.3 is 28.5 Å². The Kier molecular flexibility index (Phi) is 20.1. The molecule has 93 heavy (non-hydrogen) atoms. The Bertz CT molecular complexity index is 4540. The molecule has 6 heterocycles. The van der Waals surface area contributed by atoms with Crippen LogP contribution in [0.15, 0.2) is 71.8 Å². The van der Waals surface area contributed by atoms with Crippen molar-refractivity contribution >= 4 is 112 Å². The van der Waals surface area contributed by atoms with Crippen LogP contribution in [-0.2, 0) is 68.6 Å². The van der Waals surface area contributed by atoms with Gasteiger partial charge in [-0.3, -0.25) is 37.6 Å². The number of aliphatic hydroxyl groups excluding tert-OH is 1. The van der Waals surface area contributed by atoms with Crippen LogP contribution in [0.5, 0.6) is 11.5 Å². The molecule has 0 spiro atoms. The summed E-state index contributed by atoms with van der Waals surface area (Å²) in [5.74, 6) is -2.11. The number of nitrogen functional groups attached to an aromatic ring is 1. The van der Waals surface area contributed by atoms with Crippen molar-refractivity contribution < 1.29 is 101 Å². The number of aromatic nitrogens is 4. The number of aliphatic hydroxyl groups is 1. The summed E-state index contributed by atoms with van der Waals surface area (Å²) < 4.78 is 130. The molecule has 0 aliphatic carbocycles. The summed E-state index contributed by atoms with van der Waals surface area (Å²) >= 11 is 4.10. The molecule has 5 aromatic rings. The first kappa shape index (κ1) is 70.7. The summed E-state index contributed by atoms with van der Waals surface area (Å²) in [6, 6.07) is 13.8. The normalized spacial score (nSPS) is 20.4. The van der Waals surface area contributed by atoms with Gasteiger partial charge in [0.15, 0.2) is 29.0 Å². The molecule has 1 saturated heterocycles. The Balaban J connectivity index is 0.916. The molecule has 504 valence electrons. The molecule has 1 fully saturated rings. The van der Waals surface area contributed by atoms with E-state index in [9.17, 15) is 78.9 Å². The summed E-state index contributed by atoms with van der Waals surface area (Å²) in [6.45, 7) is 5.97. The lowest BCUT2D eigenvalue weighted by atomic mass is 9.83. The molecule has 4 aliphatic rings. The highest BCUT2D eigenvalue weighted by Crippen LogP contribution is 2.66. The van der Waals surface area contributed by atoms with Crippen LogP contribution >= 0.6 is 22.4 Å². The zero-order valence-electron chi connectivity index (χ0n) is 50.7. The minimum atomic E-state index is -5.76. The Morgan fingerprint density at radius 1 is 0.892 bits per heavy atom. The van der Waals surface area contributed by atoms with Crippen LogP contribution in [0.3, 0.4) is 0 Å². The van der Waals surface area contributed by atoms with Crippen LogP contribution in [0, 0.1) is 0 Å². The van der Waals surface area contributed by atoms with E-state index in [4.69, 9.17) is 24.5 Å². The smallest absolute Gasteiger partial charge is 0.456 e. The summed E-state index contributed by atoms with van der Waals surface area (Å²) in [5, 5.41) is 17.5. The number of nitrogens with two attached hydrogens (primary N) is 1. The minimum Gasteiger partial charge on any atom is -0.456 e. The number of carbonyl (C=O) groups excluding carboxylic acids is 3. The first-order chi connectivity index (χ1) is 43.2. The molecule has 9 rings (SSSR count). The Morgan fingerprint density at radius 3 is 2.22 bits per heavy atom. The number of phosphoric ester groups is 1. The van der Waals surface area contributed by atoms with Gasteiger partial charge in [0.25, 0.3) is 31.7 Å². The first-order valence-electron chi connectivity index (χ1n) is 28.4. The monoisotopic (exact) mass is 1410 g/mol. The average molecular weight is 1410 g/mol. The van der Waals surface area contributed by atoms with Gasteiger partial charge in [-0.15, -0.1) is 0 Å². The van der Waals surface area contributed by atoms with Crippen molar-refractivity contribution in [1.82, 2.24) is 39.6 Å². The molecular formula is C54H68N10O23P3S3+. The topological polar surface area (TPSA) is 474 Å². The number of amides is 3. The van der Waals surface area contributed by atoms with Gasteiger partial charge in [-0.1, -0.05) is 24.3 Å². The fraction of sp³-hybridized carbons (Fsp3) is 0.426. The van der Waals surface area contributed by atoms with Crippen LogP contribution < -0.4 is 46.7 Å². The molecular weight excluding hydrogens is 1350 g/mol. The van der Waals surface area contributed by atoms with Gasteiger partial charge < -0.3 is 65.1 Å². The maximum Gasteiger partial charge on any atom is 0.488 e. The molecule has 2 aromatic heterocycles. The number of benzene rings is 3. The van der Waals surface area contributed by atoms with Crippen LogP contribution in [0.2, 0.25) is 0 Å². The number of imidazole rings is 1. The molecule has 2 unspecified atom stereocenters. The number of fused-ring (bicyclic) bond motifs is 5. The van der Waals surface area contributed by atoms with E-state index in [1.807, 2.05) is 41.5 Å². The second-order valence-corrected chi connectivity index (χ2v) is 31.8. The number of ether oxygens (including phenoxy) is 3. The number of nitrogens with zero attached hydrogens (tertiary/aromatic N) is 6. The molecule has 3 aromatic carbocycles. The fourth-order valence-corrected chi connectivity index (χ4v) is 17.0. The Hall–Kier alpha value is -6.66. The van der Waals surface area contributed by atoms with Crippen molar-refractivity contribution in [3.8, 4) is 11.5 Å². The van der Waals surface area contributed by atoms with Crippen LogP contribution in [0.1, 0.15) is 93.2 Å². The van der Waals surface area contributed by atoms with Crippen molar-refractivity contribution in [2.45, 2.75) is 90.0 Å². The number of hydrogen-bond acceptors (Lipinski definition) is 22. The predicted molar refractivity (Wildman–Crippen MR) is 338 cm³/mol. The maximum absolute atomic E-state index is 14.8. The number of aromatic amines is 1. The number of likely N-dealkylation sites (N-methyl/N-ethyl adjacent to an activating group) is 2. The Labute approximate surface area is 536 Å². The van der Waals surface area contributed by atoms with Gasteiger partial charge in [0, 0.05) is 92.7 Å². The SMILES string of the molecule is CCN1c2cc3c(cc2C(CS(=O)(=O)O)=CC1(C)C)C(c1ccccc1C(=O)N(C)CCCC(=O)NCCNC(=O)O[C@H]1[C@@H](O)[C@H](n2cnc4c(=O)[nH]c(N)nc42)O[C@@H]1COP(=O)(O)OP(=O)(O)OP(O)(O)=S)=c1cc2c(cc1O3)=[N+](CC)C(C)(C)C=C2CS(=O)(=O)O. The second kappa shape index (κ2) is 26.5. The van der Waals surface area contributed by atoms with Crippen molar-refractivity contribution in [2.75, 3.05) is 68.5 Å².